The Morgan fingerprint density at radius 1 is 1.07 bits per heavy atom. The van der Waals surface area contributed by atoms with Gasteiger partial charge >= 0.3 is 0 Å². The number of pyridine rings is 1. The van der Waals surface area contributed by atoms with Crippen molar-refractivity contribution < 1.29 is 18.7 Å². The second-order valence-corrected chi connectivity index (χ2v) is 10.7. The zero-order valence-corrected chi connectivity index (χ0v) is 23.8. The standard InChI is InChI=1S/C33H38N4O4/c1-3-26(38)15-8-5-9-17-29(35-31(39)25-21-37(22-25)20-23-12-6-4-7-13-23)33-34-19-30(41-33)27-18-24-14-10-11-16-28(24)36-32(27)40-2/h4,6-7,10-14,16,18-19,25,29H,3,5,8-9,15,17,20-22H2,1-2H3,(H,35,39)/t29-/m0/s1. The van der Waals surface area contributed by atoms with Crippen molar-refractivity contribution in [3.8, 4) is 17.2 Å². The molecule has 0 saturated carbocycles. The van der Waals surface area contributed by atoms with Gasteiger partial charge in [-0.25, -0.2) is 9.97 Å². The maximum absolute atomic E-state index is 13.3. The molecule has 0 bridgehead atoms. The van der Waals surface area contributed by atoms with Crippen LogP contribution in [0.5, 0.6) is 5.88 Å². The molecule has 1 N–H and O–H groups in total. The minimum Gasteiger partial charge on any atom is -0.480 e. The van der Waals surface area contributed by atoms with E-state index in [0.29, 0.717) is 42.4 Å². The highest BCUT2D eigenvalue weighted by molar-refractivity contribution is 5.85. The summed E-state index contributed by atoms with van der Waals surface area (Å²) in [4.78, 5) is 36.5. The summed E-state index contributed by atoms with van der Waals surface area (Å²) in [6.45, 7) is 4.19. The lowest BCUT2D eigenvalue weighted by molar-refractivity contribution is -0.131. The summed E-state index contributed by atoms with van der Waals surface area (Å²) in [6, 6.07) is 19.8. The molecule has 1 amide bonds. The number of benzene rings is 2. The zero-order valence-electron chi connectivity index (χ0n) is 23.8. The molecule has 0 radical (unpaired) electrons. The van der Waals surface area contributed by atoms with Gasteiger partial charge in [-0.15, -0.1) is 0 Å². The SMILES string of the molecule is CCC(=O)CCCCC[C@H](NC(=O)C1CN(Cc2ccccc2)C1)c1ncc(-c2cc3ccccc3nc2OC)o1. The molecular weight excluding hydrogens is 516 g/mol. The van der Waals surface area contributed by atoms with Crippen LogP contribution in [-0.2, 0) is 16.1 Å². The molecule has 5 rings (SSSR count). The summed E-state index contributed by atoms with van der Waals surface area (Å²) in [6.07, 6.45) is 6.14. The second kappa shape index (κ2) is 13.5. The van der Waals surface area contributed by atoms with Crippen LogP contribution >= 0.6 is 0 Å². The van der Waals surface area contributed by atoms with Crippen LogP contribution in [0, 0.1) is 5.92 Å². The van der Waals surface area contributed by atoms with Gasteiger partial charge in [-0.2, -0.15) is 0 Å². The number of Topliss-reactive ketones (excluding diaryl/α,β-unsaturated/α-hetero) is 1. The zero-order chi connectivity index (χ0) is 28.6. The number of carbonyl (C=O) groups excluding carboxylic acids is 2. The summed E-state index contributed by atoms with van der Waals surface area (Å²) in [5.41, 5.74) is 2.79. The van der Waals surface area contributed by atoms with Crippen molar-refractivity contribution in [2.24, 2.45) is 5.92 Å². The molecule has 2 aromatic heterocycles. The number of nitrogens with one attached hydrogen (secondary N) is 1. The Morgan fingerprint density at radius 2 is 1.85 bits per heavy atom. The van der Waals surface area contributed by atoms with E-state index in [0.717, 1.165) is 49.8 Å². The largest absolute Gasteiger partial charge is 0.480 e. The normalized spacial score (nSPS) is 14.5. The van der Waals surface area contributed by atoms with Crippen molar-refractivity contribution >= 4 is 22.6 Å². The first-order valence-electron chi connectivity index (χ1n) is 14.5. The van der Waals surface area contributed by atoms with E-state index in [4.69, 9.17) is 9.15 Å². The van der Waals surface area contributed by atoms with Crippen LogP contribution in [-0.4, -0.2) is 46.8 Å². The maximum atomic E-state index is 13.3. The maximum Gasteiger partial charge on any atom is 0.226 e. The number of hydrogen-bond acceptors (Lipinski definition) is 7. The molecule has 3 heterocycles. The summed E-state index contributed by atoms with van der Waals surface area (Å²) in [7, 11) is 1.59. The molecule has 8 heteroatoms. The van der Waals surface area contributed by atoms with Crippen LogP contribution in [0.2, 0.25) is 0 Å². The van der Waals surface area contributed by atoms with Crippen LogP contribution in [0.3, 0.4) is 0 Å². The average molecular weight is 555 g/mol. The topological polar surface area (TPSA) is 97.6 Å². The number of methoxy groups -OCH3 is 1. The fourth-order valence-corrected chi connectivity index (χ4v) is 5.28. The van der Waals surface area contributed by atoms with Crippen molar-refractivity contribution in [1.82, 2.24) is 20.2 Å². The lowest BCUT2D eigenvalue weighted by atomic mass is 9.97. The molecule has 0 unspecified atom stereocenters. The Hall–Kier alpha value is -4.04. The quantitative estimate of drug-likeness (QED) is 0.188. The number of likely N-dealkylation sites (tertiary alicyclic amines) is 1. The number of oxazole rings is 1. The van der Waals surface area contributed by atoms with Crippen LogP contribution in [0.25, 0.3) is 22.2 Å². The number of ketones is 1. The predicted octanol–water partition coefficient (Wildman–Crippen LogP) is 6.12. The molecule has 214 valence electrons. The molecule has 2 aromatic carbocycles. The molecule has 4 aromatic rings. The number of rotatable bonds is 14. The molecule has 0 aliphatic carbocycles. The summed E-state index contributed by atoms with van der Waals surface area (Å²) >= 11 is 0. The first kappa shape index (κ1) is 28.5. The highest BCUT2D eigenvalue weighted by Gasteiger charge is 2.34. The second-order valence-electron chi connectivity index (χ2n) is 10.7. The Bertz CT molecular complexity index is 1460. The van der Waals surface area contributed by atoms with E-state index in [1.165, 1.54) is 5.56 Å². The van der Waals surface area contributed by atoms with Gasteiger partial charge in [0.2, 0.25) is 17.7 Å². The fraction of sp³-hybridized carbons (Fsp3) is 0.394. The van der Waals surface area contributed by atoms with Crippen molar-refractivity contribution in [2.75, 3.05) is 20.2 Å². The summed E-state index contributed by atoms with van der Waals surface area (Å²) in [5.74, 6) is 1.71. The van der Waals surface area contributed by atoms with Gasteiger partial charge in [-0.3, -0.25) is 14.5 Å². The Morgan fingerprint density at radius 3 is 2.63 bits per heavy atom. The lowest BCUT2D eigenvalue weighted by Crippen LogP contribution is -2.53. The average Bonchev–Trinajstić information content (AvgIpc) is 3.47. The van der Waals surface area contributed by atoms with Crippen LogP contribution in [0.1, 0.15) is 62.9 Å². The fourth-order valence-electron chi connectivity index (χ4n) is 5.28. The molecule has 41 heavy (non-hydrogen) atoms. The van der Waals surface area contributed by atoms with E-state index < -0.39 is 0 Å². The number of carbonyl (C=O) groups is 2. The highest BCUT2D eigenvalue weighted by Crippen LogP contribution is 2.34. The lowest BCUT2D eigenvalue weighted by Gasteiger charge is -2.38. The van der Waals surface area contributed by atoms with Crippen LogP contribution < -0.4 is 10.1 Å². The number of hydrogen-bond donors (Lipinski definition) is 1. The Kier molecular flexibility index (Phi) is 9.41. The van der Waals surface area contributed by atoms with E-state index in [-0.39, 0.29) is 23.7 Å². The molecule has 1 atom stereocenters. The predicted molar refractivity (Wildman–Crippen MR) is 158 cm³/mol. The van der Waals surface area contributed by atoms with Crippen molar-refractivity contribution in [3.05, 3.63) is 78.3 Å². The third-order valence-corrected chi connectivity index (χ3v) is 7.71. The van der Waals surface area contributed by atoms with E-state index in [1.807, 2.05) is 55.5 Å². The minimum atomic E-state index is -0.360. The van der Waals surface area contributed by atoms with Gasteiger partial charge in [0.15, 0.2) is 5.76 Å². The molecular formula is C33H38N4O4. The van der Waals surface area contributed by atoms with Gasteiger partial charge in [-0.05, 0) is 30.5 Å². The highest BCUT2D eigenvalue weighted by atomic mass is 16.5. The molecule has 1 aliphatic heterocycles. The number of ether oxygens (including phenoxy) is 1. The summed E-state index contributed by atoms with van der Waals surface area (Å²) < 4.78 is 11.8. The molecule has 8 nitrogen and oxygen atoms in total. The van der Waals surface area contributed by atoms with Gasteiger partial charge in [0.25, 0.3) is 0 Å². The van der Waals surface area contributed by atoms with Gasteiger partial charge in [0.05, 0.1) is 30.3 Å². The van der Waals surface area contributed by atoms with Gasteiger partial charge in [0.1, 0.15) is 11.8 Å². The number of nitrogens with zero attached hydrogens (tertiary/aromatic N) is 3. The number of para-hydroxylation sites is 1. The van der Waals surface area contributed by atoms with Gasteiger partial charge < -0.3 is 14.5 Å². The van der Waals surface area contributed by atoms with E-state index in [9.17, 15) is 9.59 Å². The third kappa shape index (κ3) is 7.19. The van der Waals surface area contributed by atoms with E-state index >= 15 is 0 Å². The van der Waals surface area contributed by atoms with E-state index in [1.54, 1.807) is 13.3 Å². The number of unbranched alkanes of at least 4 members (excludes halogenated alkanes) is 2. The molecule has 1 saturated heterocycles. The Balaban J connectivity index is 1.27. The molecule has 1 aliphatic rings. The Labute approximate surface area is 241 Å². The van der Waals surface area contributed by atoms with Crippen molar-refractivity contribution in [3.63, 3.8) is 0 Å². The van der Waals surface area contributed by atoms with Crippen molar-refractivity contribution in [2.45, 2.75) is 58.0 Å². The van der Waals surface area contributed by atoms with E-state index in [2.05, 4.69) is 32.3 Å². The van der Waals surface area contributed by atoms with Crippen LogP contribution in [0.4, 0.5) is 0 Å². The van der Waals surface area contributed by atoms with Crippen LogP contribution in [0.15, 0.2) is 71.3 Å². The first-order valence-corrected chi connectivity index (χ1v) is 14.5. The number of aromatic nitrogens is 2. The van der Waals surface area contributed by atoms with Crippen molar-refractivity contribution in [1.29, 1.82) is 0 Å². The first-order chi connectivity index (χ1) is 20.0. The minimum absolute atomic E-state index is 0.0187. The third-order valence-electron chi connectivity index (χ3n) is 7.71. The molecule has 0 spiro atoms. The summed E-state index contributed by atoms with van der Waals surface area (Å²) in [5, 5.41) is 4.19. The monoisotopic (exact) mass is 554 g/mol. The smallest absolute Gasteiger partial charge is 0.226 e. The number of amides is 1. The van der Waals surface area contributed by atoms with Gasteiger partial charge in [0, 0.05) is 37.9 Å². The van der Waals surface area contributed by atoms with Gasteiger partial charge in [-0.1, -0.05) is 68.3 Å². The number of fused-ring (bicyclic) bond motifs is 1. The molecule has 1 fully saturated rings.